The van der Waals surface area contributed by atoms with E-state index in [9.17, 15) is 4.79 Å². The Hall–Kier alpha value is -3.52. The van der Waals surface area contributed by atoms with Crippen LogP contribution in [0.15, 0.2) is 55.1 Å². The number of hydrogen-bond donors (Lipinski definition) is 0. The van der Waals surface area contributed by atoms with Gasteiger partial charge < -0.3 is 23.7 Å². The number of rotatable bonds is 13. The Kier molecular flexibility index (Phi) is 9.43. The van der Waals surface area contributed by atoms with E-state index in [1.165, 1.54) is 5.56 Å². The molecule has 0 atom stereocenters. The Morgan fingerprint density at radius 3 is 2.62 bits per heavy atom. The SMILES string of the molecule is CCCCOCc1cc(N2CCCN(Cc3ccc(CCn4ccnc4)cc3OC)C2=O)ccc1OC. The van der Waals surface area contributed by atoms with E-state index >= 15 is 0 Å². The third kappa shape index (κ3) is 6.83. The highest BCUT2D eigenvalue weighted by molar-refractivity contribution is 5.93. The molecule has 0 radical (unpaired) electrons. The van der Waals surface area contributed by atoms with Crippen LogP contribution in [0, 0.1) is 0 Å². The number of aryl methyl sites for hydroxylation is 2. The van der Waals surface area contributed by atoms with Crippen molar-refractivity contribution in [2.75, 3.05) is 38.8 Å². The summed E-state index contributed by atoms with van der Waals surface area (Å²) >= 11 is 0. The highest BCUT2D eigenvalue weighted by Crippen LogP contribution is 2.29. The molecule has 37 heavy (non-hydrogen) atoms. The highest BCUT2D eigenvalue weighted by Gasteiger charge is 2.28. The van der Waals surface area contributed by atoms with Crippen LogP contribution in [0.2, 0.25) is 0 Å². The maximum atomic E-state index is 13.5. The minimum Gasteiger partial charge on any atom is -0.496 e. The first-order valence-electron chi connectivity index (χ1n) is 13.1. The number of aromatic nitrogens is 2. The van der Waals surface area contributed by atoms with Gasteiger partial charge in [-0.25, -0.2) is 9.78 Å². The lowest BCUT2D eigenvalue weighted by Gasteiger charge is -2.36. The smallest absolute Gasteiger partial charge is 0.324 e. The molecule has 8 nitrogen and oxygen atoms in total. The number of carbonyl (C=O) groups excluding carboxylic acids is 1. The number of methoxy groups -OCH3 is 2. The van der Waals surface area contributed by atoms with E-state index in [-0.39, 0.29) is 6.03 Å². The Labute approximate surface area is 219 Å². The lowest BCUT2D eigenvalue weighted by molar-refractivity contribution is 0.116. The van der Waals surface area contributed by atoms with E-state index in [1.807, 2.05) is 40.5 Å². The van der Waals surface area contributed by atoms with E-state index in [1.54, 1.807) is 20.4 Å². The number of imidazole rings is 1. The zero-order valence-electron chi connectivity index (χ0n) is 22.2. The molecular formula is C29H38N4O4. The van der Waals surface area contributed by atoms with Gasteiger partial charge in [0.15, 0.2) is 0 Å². The van der Waals surface area contributed by atoms with Crippen LogP contribution in [0.4, 0.5) is 10.5 Å². The summed E-state index contributed by atoms with van der Waals surface area (Å²) in [7, 11) is 3.35. The second kappa shape index (κ2) is 13.1. The van der Waals surface area contributed by atoms with Crippen molar-refractivity contribution >= 4 is 11.7 Å². The third-order valence-corrected chi connectivity index (χ3v) is 6.72. The predicted octanol–water partition coefficient (Wildman–Crippen LogP) is 5.29. The molecule has 0 aliphatic carbocycles. The van der Waals surface area contributed by atoms with Crippen molar-refractivity contribution in [1.29, 1.82) is 0 Å². The van der Waals surface area contributed by atoms with Crippen molar-refractivity contribution in [1.82, 2.24) is 14.5 Å². The number of unbranched alkanes of at least 4 members (excludes halogenated alkanes) is 1. The van der Waals surface area contributed by atoms with Crippen LogP contribution in [-0.4, -0.2) is 54.4 Å². The van der Waals surface area contributed by atoms with Crippen molar-refractivity contribution < 1.29 is 19.0 Å². The molecule has 3 aromatic rings. The summed E-state index contributed by atoms with van der Waals surface area (Å²) in [5, 5.41) is 0. The molecule has 1 aliphatic rings. The van der Waals surface area contributed by atoms with Gasteiger partial charge in [0.25, 0.3) is 0 Å². The fourth-order valence-electron chi connectivity index (χ4n) is 4.60. The molecule has 2 heterocycles. The van der Waals surface area contributed by atoms with E-state index < -0.39 is 0 Å². The number of anilines is 1. The number of nitrogens with zero attached hydrogens (tertiary/aromatic N) is 4. The maximum absolute atomic E-state index is 13.5. The van der Waals surface area contributed by atoms with Gasteiger partial charge in [0.05, 0.1) is 33.7 Å². The monoisotopic (exact) mass is 506 g/mol. The third-order valence-electron chi connectivity index (χ3n) is 6.72. The lowest BCUT2D eigenvalue weighted by Crippen LogP contribution is -2.49. The highest BCUT2D eigenvalue weighted by atomic mass is 16.5. The van der Waals surface area contributed by atoms with Gasteiger partial charge in [-0.05, 0) is 49.1 Å². The number of urea groups is 1. The Morgan fingerprint density at radius 2 is 1.86 bits per heavy atom. The minimum absolute atomic E-state index is 0.000468. The van der Waals surface area contributed by atoms with Gasteiger partial charge in [0.2, 0.25) is 0 Å². The first-order chi connectivity index (χ1) is 18.1. The van der Waals surface area contributed by atoms with E-state index in [0.717, 1.165) is 60.5 Å². The Balaban J connectivity index is 1.44. The summed E-state index contributed by atoms with van der Waals surface area (Å²) < 4.78 is 19.1. The number of hydrogen-bond acceptors (Lipinski definition) is 5. The fourth-order valence-corrected chi connectivity index (χ4v) is 4.60. The van der Waals surface area contributed by atoms with Gasteiger partial charge in [0, 0.05) is 55.4 Å². The summed E-state index contributed by atoms with van der Waals surface area (Å²) in [5.74, 6) is 1.59. The average molecular weight is 507 g/mol. The molecule has 8 heteroatoms. The first-order valence-corrected chi connectivity index (χ1v) is 13.1. The van der Waals surface area contributed by atoms with Crippen LogP contribution in [0.25, 0.3) is 0 Å². The molecule has 0 N–H and O–H groups in total. The number of carbonyl (C=O) groups is 1. The number of ether oxygens (including phenoxy) is 3. The van der Waals surface area contributed by atoms with Crippen molar-refractivity contribution in [3.63, 3.8) is 0 Å². The summed E-state index contributed by atoms with van der Waals surface area (Å²) in [6, 6.07) is 12.2. The summed E-state index contributed by atoms with van der Waals surface area (Å²) in [4.78, 5) is 21.4. The van der Waals surface area contributed by atoms with Crippen LogP contribution < -0.4 is 14.4 Å². The van der Waals surface area contributed by atoms with E-state index in [0.29, 0.717) is 32.8 Å². The summed E-state index contributed by atoms with van der Waals surface area (Å²) in [5.41, 5.74) is 4.01. The quantitative estimate of drug-likeness (QED) is 0.295. The average Bonchev–Trinajstić information content (AvgIpc) is 3.45. The van der Waals surface area contributed by atoms with Gasteiger partial charge >= 0.3 is 6.03 Å². The van der Waals surface area contributed by atoms with Crippen molar-refractivity contribution in [3.05, 3.63) is 71.8 Å². The molecule has 1 aromatic heterocycles. The van der Waals surface area contributed by atoms with Crippen molar-refractivity contribution in [2.24, 2.45) is 0 Å². The van der Waals surface area contributed by atoms with Gasteiger partial charge in [-0.3, -0.25) is 4.90 Å². The molecule has 2 amide bonds. The maximum Gasteiger partial charge on any atom is 0.324 e. The van der Waals surface area contributed by atoms with Crippen LogP contribution in [-0.2, 0) is 30.9 Å². The molecule has 2 aromatic carbocycles. The molecule has 198 valence electrons. The molecule has 4 rings (SSSR count). The molecule has 1 saturated heterocycles. The van der Waals surface area contributed by atoms with Crippen LogP contribution in [0.1, 0.15) is 42.9 Å². The summed E-state index contributed by atoms with van der Waals surface area (Å²) in [6.45, 7) is 6.08. The fraction of sp³-hybridized carbons (Fsp3) is 0.448. The van der Waals surface area contributed by atoms with Gasteiger partial charge in [-0.15, -0.1) is 0 Å². The topological polar surface area (TPSA) is 69.1 Å². The molecule has 0 saturated carbocycles. The second-order valence-electron chi connectivity index (χ2n) is 9.31. The van der Waals surface area contributed by atoms with E-state index in [2.05, 4.69) is 34.7 Å². The van der Waals surface area contributed by atoms with Crippen molar-refractivity contribution in [2.45, 2.75) is 52.3 Å². The van der Waals surface area contributed by atoms with Gasteiger partial charge in [-0.1, -0.05) is 25.5 Å². The molecule has 0 unspecified atom stereocenters. The minimum atomic E-state index is 0.000468. The first kappa shape index (κ1) is 26.5. The zero-order chi connectivity index (χ0) is 26.0. The molecule has 0 spiro atoms. The molecule has 1 aliphatic heterocycles. The van der Waals surface area contributed by atoms with Crippen LogP contribution in [0.5, 0.6) is 11.5 Å². The van der Waals surface area contributed by atoms with Crippen LogP contribution >= 0.6 is 0 Å². The number of amides is 2. The molecular weight excluding hydrogens is 468 g/mol. The van der Waals surface area contributed by atoms with Gasteiger partial charge in [0.1, 0.15) is 11.5 Å². The molecule has 1 fully saturated rings. The Morgan fingerprint density at radius 1 is 1.00 bits per heavy atom. The van der Waals surface area contributed by atoms with Gasteiger partial charge in [-0.2, -0.15) is 0 Å². The predicted molar refractivity (Wildman–Crippen MR) is 144 cm³/mol. The van der Waals surface area contributed by atoms with Crippen LogP contribution in [0.3, 0.4) is 0 Å². The normalized spacial score (nSPS) is 13.8. The standard InChI is InChI=1S/C29H38N4O4/c1-4-5-17-37-21-25-19-26(9-10-27(25)35-2)33-14-6-13-32(29(33)34)20-24-8-7-23(18-28(24)36-3)11-15-31-16-12-30-22-31/h7-10,12,16,18-19,22H,4-6,11,13-15,17,20-21H2,1-3H3. The largest absolute Gasteiger partial charge is 0.496 e. The number of benzene rings is 2. The summed E-state index contributed by atoms with van der Waals surface area (Å²) in [6.07, 6.45) is 9.47. The van der Waals surface area contributed by atoms with Crippen molar-refractivity contribution in [3.8, 4) is 11.5 Å². The lowest BCUT2D eigenvalue weighted by atomic mass is 10.1. The second-order valence-corrected chi connectivity index (χ2v) is 9.31. The molecule has 0 bridgehead atoms. The van der Waals surface area contributed by atoms with E-state index in [4.69, 9.17) is 14.2 Å². The Bertz CT molecular complexity index is 1150. The zero-order valence-corrected chi connectivity index (χ0v) is 22.2.